The summed E-state index contributed by atoms with van der Waals surface area (Å²) in [6.45, 7) is 4.02. The quantitative estimate of drug-likeness (QED) is 0.623. The molecule has 2 amide bonds. The number of hydrogen-bond donors (Lipinski definition) is 3. The Bertz CT molecular complexity index is 361. The molecule has 0 aromatic rings. The number of carboxylic acids is 1. The van der Waals surface area contributed by atoms with Crippen molar-refractivity contribution in [2.75, 3.05) is 26.2 Å². The molecule has 21 heavy (non-hydrogen) atoms. The zero-order valence-corrected chi connectivity index (χ0v) is 12.7. The van der Waals surface area contributed by atoms with Crippen molar-refractivity contribution >= 4 is 12.0 Å². The van der Waals surface area contributed by atoms with Crippen molar-refractivity contribution in [3.05, 3.63) is 0 Å². The third-order valence-electron chi connectivity index (χ3n) is 4.56. The fourth-order valence-electron chi connectivity index (χ4n) is 3.48. The molecule has 2 aliphatic rings. The fraction of sp³-hybridized carbons (Fsp3) is 0.867. The van der Waals surface area contributed by atoms with Gasteiger partial charge in [-0.1, -0.05) is 12.8 Å². The van der Waals surface area contributed by atoms with Gasteiger partial charge >= 0.3 is 12.0 Å². The van der Waals surface area contributed by atoms with E-state index in [1.807, 2.05) is 0 Å². The van der Waals surface area contributed by atoms with Crippen LogP contribution in [0.5, 0.6) is 0 Å². The normalized spacial score (nSPS) is 21.3. The molecule has 2 rings (SSSR count). The number of nitrogens with zero attached hydrogens (tertiary/aromatic N) is 1. The Kier molecular flexibility index (Phi) is 5.85. The molecular formula is C15H27N3O3. The first-order chi connectivity index (χ1) is 10.1. The summed E-state index contributed by atoms with van der Waals surface area (Å²) in [6, 6.07) is -0.223. The highest BCUT2D eigenvalue weighted by Gasteiger charge is 2.37. The van der Waals surface area contributed by atoms with Crippen LogP contribution >= 0.6 is 0 Å². The summed E-state index contributed by atoms with van der Waals surface area (Å²) in [6.07, 6.45) is 7.04. The van der Waals surface area contributed by atoms with Crippen LogP contribution in [0.15, 0.2) is 0 Å². The van der Waals surface area contributed by atoms with Crippen LogP contribution in [0.1, 0.15) is 51.4 Å². The van der Waals surface area contributed by atoms with Gasteiger partial charge in [0.25, 0.3) is 0 Å². The van der Waals surface area contributed by atoms with Crippen molar-refractivity contribution in [2.24, 2.45) is 0 Å². The van der Waals surface area contributed by atoms with Crippen molar-refractivity contribution in [2.45, 2.75) is 56.9 Å². The Morgan fingerprint density at radius 1 is 1.10 bits per heavy atom. The van der Waals surface area contributed by atoms with Gasteiger partial charge in [0, 0.05) is 6.54 Å². The summed E-state index contributed by atoms with van der Waals surface area (Å²) < 4.78 is 0. The molecule has 0 aromatic carbocycles. The van der Waals surface area contributed by atoms with E-state index in [1.54, 1.807) is 0 Å². The third-order valence-corrected chi connectivity index (χ3v) is 4.56. The first-order valence-corrected chi connectivity index (χ1v) is 8.10. The largest absolute Gasteiger partial charge is 0.481 e. The first-order valence-electron chi connectivity index (χ1n) is 8.10. The molecule has 1 saturated carbocycles. The van der Waals surface area contributed by atoms with Gasteiger partial charge in [-0.2, -0.15) is 0 Å². The van der Waals surface area contributed by atoms with Crippen LogP contribution in [0.25, 0.3) is 0 Å². The van der Waals surface area contributed by atoms with Crippen LogP contribution in [0.4, 0.5) is 4.79 Å². The highest BCUT2D eigenvalue weighted by Crippen LogP contribution is 2.32. The Hall–Kier alpha value is -1.30. The maximum atomic E-state index is 12.0. The Morgan fingerprint density at radius 2 is 1.76 bits per heavy atom. The number of rotatable bonds is 7. The number of carbonyl (C=O) groups excluding carboxylic acids is 1. The minimum atomic E-state index is -0.841. The number of nitrogens with one attached hydrogen (secondary N) is 2. The second-order valence-corrected chi connectivity index (χ2v) is 6.34. The molecular weight excluding hydrogens is 270 g/mol. The molecule has 6 nitrogen and oxygen atoms in total. The van der Waals surface area contributed by atoms with Crippen molar-refractivity contribution in [3.63, 3.8) is 0 Å². The average Bonchev–Trinajstić information content (AvgIpc) is 3.06. The molecule has 0 aromatic heterocycles. The number of amides is 2. The van der Waals surface area contributed by atoms with E-state index in [0.717, 1.165) is 38.6 Å². The molecule has 1 saturated heterocycles. The van der Waals surface area contributed by atoms with E-state index in [2.05, 4.69) is 15.5 Å². The standard InChI is InChI=1S/C15H27N3O3/c19-13(20)12-15(6-1-2-7-15)17-14(21)16-8-5-11-18-9-3-4-10-18/h1-12H2,(H,19,20)(H2,16,17,21). The molecule has 2 fully saturated rings. The van der Waals surface area contributed by atoms with E-state index in [0.29, 0.717) is 6.54 Å². The zero-order valence-electron chi connectivity index (χ0n) is 12.7. The van der Waals surface area contributed by atoms with E-state index < -0.39 is 11.5 Å². The highest BCUT2D eigenvalue weighted by atomic mass is 16.4. The van der Waals surface area contributed by atoms with Gasteiger partial charge in [0.2, 0.25) is 0 Å². The van der Waals surface area contributed by atoms with Crippen molar-refractivity contribution in [3.8, 4) is 0 Å². The molecule has 1 aliphatic carbocycles. The van der Waals surface area contributed by atoms with Gasteiger partial charge in [0.15, 0.2) is 0 Å². The molecule has 0 radical (unpaired) electrons. The molecule has 1 heterocycles. The van der Waals surface area contributed by atoms with Crippen LogP contribution in [0.3, 0.4) is 0 Å². The molecule has 1 aliphatic heterocycles. The second kappa shape index (κ2) is 7.64. The summed E-state index contributed by atoms with van der Waals surface area (Å²) in [5, 5.41) is 14.8. The van der Waals surface area contributed by atoms with Gasteiger partial charge in [-0.15, -0.1) is 0 Å². The van der Waals surface area contributed by atoms with Crippen LogP contribution in [0, 0.1) is 0 Å². The lowest BCUT2D eigenvalue weighted by molar-refractivity contribution is -0.138. The molecule has 0 spiro atoms. The number of aliphatic carboxylic acids is 1. The maximum absolute atomic E-state index is 12.0. The van der Waals surface area contributed by atoms with Gasteiger partial charge in [-0.05, 0) is 51.7 Å². The topological polar surface area (TPSA) is 81.7 Å². The van der Waals surface area contributed by atoms with Crippen LogP contribution in [0.2, 0.25) is 0 Å². The summed E-state index contributed by atoms with van der Waals surface area (Å²) in [5.41, 5.74) is -0.537. The number of hydrogen-bond acceptors (Lipinski definition) is 3. The highest BCUT2D eigenvalue weighted by molar-refractivity contribution is 5.76. The summed E-state index contributed by atoms with van der Waals surface area (Å²) in [5.74, 6) is -0.841. The Labute approximate surface area is 126 Å². The van der Waals surface area contributed by atoms with Gasteiger partial charge in [0.05, 0.1) is 12.0 Å². The predicted octanol–water partition coefficient (Wildman–Crippen LogP) is 1.56. The van der Waals surface area contributed by atoms with E-state index in [-0.39, 0.29) is 12.5 Å². The molecule has 0 atom stereocenters. The van der Waals surface area contributed by atoms with Gasteiger partial charge in [-0.25, -0.2) is 4.79 Å². The first kappa shape index (κ1) is 16.1. The maximum Gasteiger partial charge on any atom is 0.315 e. The predicted molar refractivity (Wildman–Crippen MR) is 80.3 cm³/mol. The van der Waals surface area contributed by atoms with Gasteiger partial charge < -0.3 is 20.6 Å². The van der Waals surface area contributed by atoms with Crippen molar-refractivity contribution < 1.29 is 14.7 Å². The lowest BCUT2D eigenvalue weighted by atomic mass is 9.93. The van der Waals surface area contributed by atoms with Crippen LogP contribution < -0.4 is 10.6 Å². The Morgan fingerprint density at radius 3 is 2.38 bits per heavy atom. The zero-order chi connectivity index (χ0) is 15.1. The minimum absolute atomic E-state index is 0.0220. The summed E-state index contributed by atoms with van der Waals surface area (Å²) >= 11 is 0. The number of carbonyl (C=O) groups is 2. The van der Waals surface area contributed by atoms with E-state index >= 15 is 0 Å². The number of carboxylic acid groups (broad SMARTS) is 1. The lowest BCUT2D eigenvalue weighted by Crippen LogP contribution is -2.51. The molecule has 0 bridgehead atoms. The van der Waals surface area contributed by atoms with Crippen molar-refractivity contribution in [1.82, 2.24) is 15.5 Å². The van der Waals surface area contributed by atoms with Crippen molar-refractivity contribution in [1.29, 1.82) is 0 Å². The van der Waals surface area contributed by atoms with Gasteiger partial charge in [-0.3, -0.25) is 4.79 Å². The van der Waals surface area contributed by atoms with E-state index in [1.165, 1.54) is 25.9 Å². The number of likely N-dealkylation sites (tertiary alicyclic amines) is 1. The average molecular weight is 297 g/mol. The molecule has 120 valence electrons. The summed E-state index contributed by atoms with van der Waals surface area (Å²) in [4.78, 5) is 25.3. The number of urea groups is 1. The SMILES string of the molecule is O=C(O)CC1(NC(=O)NCCCN2CCCC2)CCCC1. The van der Waals surface area contributed by atoms with Crippen LogP contribution in [-0.2, 0) is 4.79 Å². The van der Waals surface area contributed by atoms with Crippen LogP contribution in [-0.4, -0.2) is 53.7 Å². The summed E-state index contributed by atoms with van der Waals surface area (Å²) in [7, 11) is 0. The molecule has 0 unspecified atom stereocenters. The third kappa shape index (κ3) is 5.19. The smallest absolute Gasteiger partial charge is 0.315 e. The fourth-order valence-corrected chi connectivity index (χ4v) is 3.48. The van der Waals surface area contributed by atoms with E-state index in [9.17, 15) is 9.59 Å². The molecule has 6 heteroatoms. The lowest BCUT2D eigenvalue weighted by Gasteiger charge is -2.28. The van der Waals surface area contributed by atoms with Gasteiger partial charge in [0.1, 0.15) is 0 Å². The monoisotopic (exact) mass is 297 g/mol. The Balaban J connectivity index is 1.66. The van der Waals surface area contributed by atoms with E-state index in [4.69, 9.17) is 5.11 Å². The minimum Gasteiger partial charge on any atom is -0.481 e. The molecule has 3 N–H and O–H groups in total. The second-order valence-electron chi connectivity index (χ2n) is 6.34.